The Kier molecular flexibility index (Phi) is 11.3. The molecule has 0 aliphatic rings. The van der Waals surface area contributed by atoms with Crippen molar-refractivity contribution in [2.45, 2.75) is 38.7 Å². The van der Waals surface area contributed by atoms with Crippen molar-refractivity contribution in [3.8, 4) is 0 Å². The van der Waals surface area contributed by atoms with Crippen LogP contribution in [0.2, 0.25) is 0 Å². The molecule has 0 aromatic rings. The summed E-state index contributed by atoms with van der Waals surface area (Å²) in [4.78, 5) is 45.0. The maximum atomic E-state index is 11.5. The van der Waals surface area contributed by atoms with E-state index in [2.05, 4.69) is 11.3 Å². The van der Waals surface area contributed by atoms with Gasteiger partial charge >= 0.3 is 23.9 Å². The molecule has 25 heavy (non-hydrogen) atoms. The Morgan fingerprint density at radius 2 is 1.40 bits per heavy atom. The summed E-state index contributed by atoms with van der Waals surface area (Å²) in [5.41, 5.74) is -0.785. The van der Waals surface area contributed by atoms with Crippen LogP contribution in [0.3, 0.4) is 0 Å². The number of alkyl halides is 1. The Morgan fingerprint density at radius 3 is 1.92 bits per heavy atom. The smallest absolute Gasteiger partial charge is 0.330 e. The Bertz CT molecular complexity index is 487. The van der Waals surface area contributed by atoms with Crippen LogP contribution < -0.4 is 0 Å². The molecular formula is C16H23ClO8. The lowest BCUT2D eigenvalue weighted by Crippen LogP contribution is -2.30. The lowest BCUT2D eigenvalue weighted by Gasteiger charge is -2.21. The van der Waals surface area contributed by atoms with Crippen LogP contribution in [0.15, 0.2) is 12.7 Å². The monoisotopic (exact) mass is 378 g/mol. The van der Waals surface area contributed by atoms with Crippen molar-refractivity contribution >= 4 is 35.5 Å². The first-order valence-corrected chi connectivity index (χ1v) is 8.12. The molecule has 0 aliphatic carbocycles. The van der Waals surface area contributed by atoms with Crippen LogP contribution in [-0.4, -0.2) is 55.2 Å². The number of esters is 4. The molecule has 0 spiro atoms. The average Bonchev–Trinajstić information content (AvgIpc) is 2.56. The van der Waals surface area contributed by atoms with Crippen LogP contribution >= 0.6 is 11.6 Å². The van der Waals surface area contributed by atoms with Crippen molar-refractivity contribution in [1.29, 1.82) is 0 Å². The molecule has 0 fully saturated rings. The van der Waals surface area contributed by atoms with E-state index < -0.39 is 29.5 Å². The van der Waals surface area contributed by atoms with Crippen LogP contribution in [0.25, 0.3) is 0 Å². The first kappa shape index (κ1) is 22.9. The van der Waals surface area contributed by atoms with E-state index in [1.807, 2.05) is 0 Å². The molecule has 0 amide bonds. The molecule has 0 saturated heterocycles. The summed E-state index contributed by atoms with van der Waals surface area (Å²) in [7, 11) is 0. The second kappa shape index (κ2) is 12.3. The highest BCUT2D eigenvalue weighted by Gasteiger charge is 2.21. The number of hydrogen-bond acceptors (Lipinski definition) is 8. The molecule has 9 heteroatoms. The number of hydrogen-bond donors (Lipinski definition) is 0. The molecule has 0 aliphatic heterocycles. The number of carbonyl (C=O) groups is 4. The van der Waals surface area contributed by atoms with E-state index in [1.165, 1.54) is 0 Å². The predicted molar refractivity (Wildman–Crippen MR) is 87.8 cm³/mol. The van der Waals surface area contributed by atoms with Crippen molar-refractivity contribution in [3.63, 3.8) is 0 Å². The van der Waals surface area contributed by atoms with E-state index in [1.54, 1.807) is 13.8 Å². The zero-order valence-electron chi connectivity index (χ0n) is 14.4. The van der Waals surface area contributed by atoms with Crippen molar-refractivity contribution in [1.82, 2.24) is 0 Å². The van der Waals surface area contributed by atoms with E-state index >= 15 is 0 Å². The molecular weight excluding hydrogens is 356 g/mol. The first-order chi connectivity index (χ1) is 11.7. The third kappa shape index (κ3) is 12.9. The van der Waals surface area contributed by atoms with Gasteiger partial charge in [0.05, 0.1) is 25.1 Å². The van der Waals surface area contributed by atoms with Crippen molar-refractivity contribution in [2.75, 3.05) is 25.7 Å². The first-order valence-electron chi connectivity index (χ1n) is 7.58. The fourth-order valence-electron chi connectivity index (χ4n) is 1.34. The van der Waals surface area contributed by atoms with E-state index in [9.17, 15) is 19.2 Å². The van der Waals surface area contributed by atoms with Gasteiger partial charge in [-0.25, -0.2) is 4.79 Å². The molecule has 0 aromatic heterocycles. The SMILES string of the molecule is C=CC(=O)OCCOC(=O)CCC(=O)OCCC(=O)OC(C)(C)CCl. The Labute approximate surface area is 151 Å². The second-order valence-corrected chi connectivity index (χ2v) is 5.70. The van der Waals surface area contributed by atoms with Crippen molar-refractivity contribution in [2.24, 2.45) is 0 Å². The van der Waals surface area contributed by atoms with Gasteiger partial charge in [-0.3, -0.25) is 14.4 Å². The van der Waals surface area contributed by atoms with Crippen LogP contribution in [0.5, 0.6) is 0 Å². The molecule has 0 atom stereocenters. The molecule has 0 aromatic carbocycles. The zero-order valence-corrected chi connectivity index (χ0v) is 15.1. The van der Waals surface area contributed by atoms with Gasteiger partial charge in [-0.2, -0.15) is 0 Å². The van der Waals surface area contributed by atoms with E-state index in [-0.39, 0.29) is 45.0 Å². The Balaban J connectivity index is 3.76. The van der Waals surface area contributed by atoms with Crippen molar-refractivity contribution < 1.29 is 38.1 Å². The summed E-state index contributed by atoms with van der Waals surface area (Å²) in [6, 6.07) is 0. The van der Waals surface area contributed by atoms with E-state index in [0.717, 1.165) is 6.08 Å². The molecule has 0 heterocycles. The summed E-state index contributed by atoms with van der Waals surface area (Å²) < 4.78 is 19.3. The van der Waals surface area contributed by atoms with Crippen LogP contribution in [0.4, 0.5) is 0 Å². The fourth-order valence-corrected chi connectivity index (χ4v) is 1.39. The zero-order chi connectivity index (χ0) is 19.3. The number of ether oxygens (including phenoxy) is 4. The van der Waals surface area contributed by atoms with Gasteiger partial charge < -0.3 is 18.9 Å². The number of rotatable bonds is 12. The quantitative estimate of drug-likeness (QED) is 0.165. The minimum Gasteiger partial charge on any atom is -0.465 e. The maximum Gasteiger partial charge on any atom is 0.330 e. The molecule has 0 radical (unpaired) electrons. The molecule has 0 N–H and O–H groups in total. The van der Waals surface area contributed by atoms with Crippen LogP contribution in [-0.2, 0) is 38.1 Å². The molecule has 142 valence electrons. The Hall–Kier alpha value is -2.09. The second-order valence-electron chi connectivity index (χ2n) is 5.43. The van der Waals surface area contributed by atoms with Gasteiger partial charge in [0.1, 0.15) is 25.4 Å². The average molecular weight is 379 g/mol. The predicted octanol–water partition coefficient (Wildman–Crippen LogP) is 1.53. The van der Waals surface area contributed by atoms with E-state index in [0.29, 0.717) is 0 Å². The summed E-state index contributed by atoms with van der Waals surface area (Å²) in [5.74, 6) is -2.28. The third-order valence-electron chi connectivity index (χ3n) is 2.57. The van der Waals surface area contributed by atoms with Gasteiger partial charge in [0.25, 0.3) is 0 Å². The molecule has 8 nitrogen and oxygen atoms in total. The normalized spacial score (nSPS) is 10.5. The molecule has 0 bridgehead atoms. The third-order valence-corrected chi connectivity index (χ3v) is 3.22. The summed E-state index contributed by atoms with van der Waals surface area (Å²) in [6.07, 6.45) is 0.515. The van der Waals surface area contributed by atoms with Crippen LogP contribution in [0.1, 0.15) is 33.1 Å². The topological polar surface area (TPSA) is 105 Å². The van der Waals surface area contributed by atoms with Gasteiger partial charge in [0, 0.05) is 6.08 Å². The lowest BCUT2D eigenvalue weighted by molar-refractivity contribution is -0.158. The van der Waals surface area contributed by atoms with Gasteiger partial charge in [-0.1, -0.05) is 6.58 Å². The Morgan fingerprint density at radius 1 is 0.880 bits per heavy atom. The van der Waals surface area contributed by atoms with Crippen molar-refractivity contribution in [3.05, 3.63) is 12.7 Å². The van der Waals surface area contributed by atoms with Gasteiger partial charge in [0.15, 0.2) is 0 Å². The summed E-state index contributed by atoms with van der Waals surface area (Å²) in [6.45, 7) is 6.17. The van der Waals surface area contributed by atoms with Gasteiger partial charge in [0.2, 0.25) is 0 Å². The summed E-state index contributed by atoms with van der Waals surface area (Å²) in [5, 5.41) is 0. The highest BCUT2D eigenvalue weighted by atomic mass is 35.5. The van der Waals surface area contributed by atoms with Crippen LogP contribution in [0, 0.1) is 0 Å². The molecule has 0 saturated carbocycles. The minimum absolute atomic E-state index is 0.0954. The summed E-state index contributed by atoms with van der Waals surface area (Å²) >= 11 is 5.63. The largest absolute Gasteiger partial charge is 0.465 e. The maximum absolute atomic E-state index is 11.5. The van der Waals surface area contributed by atoms with Gasteiger partial charge in [-0.15, -0.1) is 11.6 Å². The number of carbonyl (C=O) groups excluding carboxylic acids is 4. The number of halogens is 1. The molecule has 0 rings (SSSR count). The molecule has 0 unspecified atom stereocenters. The van der Waals surface area contributed by atoms with Gasteiger partial charge in [-0.05, 0) is 13.8 Å². The fraction of sp³-hybridized carbons (Fsp3) is 0.625. The highest BCUT2D eigenvalue weighted by Crippen LogP contribution is 2.12. The standard InChI is InChI=1S/C16H23ClO8/c1-4-12(18)23-9-10-24-14(20)6-5-13(19)22-8-7-15(21)25-16(2,3)11-17/h4H,1,5-11H2,2-3H3. The minimum atomic E-state index is -0.785. The van der Waals surface area contributed by atoms with E-state index in [4.69, 9.17) is 25.8 Å². The lowest BCUT2D eigenvalue weighted by atomic mass is 10.2. The highest BCUT2D eigenvalue weighted by molar-refractivity contribution is 6.18.